The molecule has 0 aliphatic rings. The Balaban J connectivity index is 2.67. The molecule has 0 unspecified atom stereocenters. The van der Waals surface area contributed by atoms with Gasteiger partial charge in [0.25, 0.3) is 0 Å². The summed E-state index contributed by atoms with van der Waals surface area (Å²) in [5.41, 5.74) is 0.870. The van der Waals surface area contributed by atoms with E-state index in [-0.39, 0.29) is 5.78 Å². The van der Waals surface area contributed by atoms with Gasteiger partial charge in [-0.15, -0.1) is 11.3 Å². The highest BCUT2D eigenvalue weighted by molar-refractivity contribution is 7.17. The summed E-state index contributed by atoms with van der Waals surface area (Å²) in [5.74, 6) is 0.230. The van der Waals surface area contributed by atoms with E-state index in [9.17, 15) is 4.79 Å². The molecule has 0 fully saturated rings. The van der Waals surface area contributed by atoms with E-state index in [1.807, 2.05) is 36.6 Å². The second kappa shape index (κ2) is 3.30. The number of ketones is 1. The van der Waals surface area contributed by atoms with Crippen molar-refractivity contribution in [2.24, 2.45) is 0 Å². The van der Waals surface area contributed by atoms with Crippen LogP contribution in [-0.4, -0.2) is 5.78 Å². The molecule has 2 heteroatoms. The fourth-order valence-electron chi connectivity index (χ4n) is 1.40. The topological polar surface area (TPSA) is 17.1 Å². The van der Waals surface area contributed by atoms with Gasteiger partial charge < -0.3 is 0 Å². The van der Waals surface area contributed by atoms with Crippen LogP contribution >= 0.6 is 11.3 Å². The van der Waals surface area contributed by atoms with Gasteiger partial charge in [-0.05, 0) is 22.9 Å². The third-order valence-corrected chi connectivity index (χ3v) is 3.06. The Hall–Kier alpha value is -1.15. The van der Waals surface area contributed by atoms with E-state index in [1.165, 1.54) is 5.39 Å². The number of benzene rings is 1. The zero-order valence-electron chi connectivity index (χ0n) is 7.41. The quantitative estimate of drug-likeness (QED) is 0.662. The second-order valence-corrected chi connectivity index (χ2v) is 3.84. The molecule has 1 heterocycles. The lowest BCUT2D eigenvalue weighted by molar-refractivity contribution is 0.0990. The van der Waals surface area contributed by atoms with Crippen LogP contribution in [0, 0.1) is 0 Å². The molecule has 0 saturated carbocycles. The first-order valence-corrected chi connectivity index (χ1v) is 5.20. The van der Waals surface area contributed by atoms with Crippen LogP contribution in [-0.2, 0) is 0 Å². The molecule has 0 spiro atoms. The average Bonchev–Trinajstić information content (AvgIpc) is 2.63. The smallest absolute Gasteiger partial charge is 0.164 e. The molecule has 0 bridgehead atoms. The normalized spacial score (nSPS) is 10.5. The predicted molar refractivity (Wildman–Crippen MR) is 56.4 cm³/mol. The third-order valence-electron chi connectivity index (χ3n) is 2.10. The van der Waals surface area contributed by atoms with Gasteiger partial charge in [0.05, 0.1) is 0 Å². The van der Waals surface area contributed by atoms with Crippen LogP contribution in [0.3, 0.4) is 0 Å². The fraction of sp³-hybridized carbons (Fsp3) is 0.182. The number of hydrogen-bond donors (Lipinski definition) is 0. The molecule has 1 nitrogen and oxygen atoms in total. The first-order valence-electron chi connectivity index (χ1n) is 4.32. The lowest BCUT2D eigenvalue weighted by Crippen LogP contribution is -1.95. The first kappa shape index (κ1) is 8.45. The SMILES string of the molecule is CCC(=O)c1cccc2ccsc12. The zero-order valence-corrected chi connectivity index (χ0v) is 8.23. The van der Waals surface area contributed by atoms with Gasteiger partial charge in [0, 0.05) is 16.7 Å². The minimum atomic E-state index is 0.230. The summed E-state index contributed by atoms with van der Waals surface area (Å²) >= 11 is 1.64. The summed E-state index contributed by atoms with van der Waals surface area (Å²) in [6.07, 6.45) is 0.580. The molecule has 0 amide bonds. The van der Waals surface area contributed by atoms with E-state index < -0.39 is 0 Å². The van der Waals surface area contributed by atoms with E-state index in [0.29, 0.717) is 6.42 Å². The average molecular weight is 190 g/mol. The molecular formula is C11H10OS. The van der Waals surface area contributed by atoms with Crippen LogP contribution in [0.1, 0.15) is 23.7 Å². The van der Waals surface area contributed by atoms with Crippen LogP contribution in [0.4, 0.5) is 0 Å². The van der Waals surface area contributed by atoms with Crippen molar-refractivity contribution < 1.29 is 4.79 Å². The van der Waals surface area contributed by atoms with Gasteiger partial charge in [0.2, 0.25) is 0 Å². The summed E-state index contributed by atoms with van der Waals surface area (Å²) < 4.78 is 1.12. The van der Waals surface area contributed by atoms with Gasteiger partial charge in [-0.1, -0.05) is 19.1 Å². The molecule has 1 aromatic heterocycles. The number of fused-ring (bicyclic) bond motifs is 1. The molecule has 0 saturated heterocycles. The standard InChI is InChI=1S/C11H10OS/c1-2-10(12)9-5-3-4-8-6-7-13-11(8)9/h3-7H,2H2,1H3. The van der Waals surface area contributed by atoms with E-state index >= 15 is 0 Å². The van der Waals surface area contributed by atoms with Crippen molar-refractivity contribution in [2.75, 3.05) is 0 Å². The largest absolute Gasteiger partial charge is 0.294 e. The summed E-state index contributed by atoms with van der Waals surface area (Å²) in [4.78, 5) is 11.5. The van der Waals surface area contributed by atoms with Gasteiger partial charge in [-0.2, -0.15) is 0 Å². The minimum absolute atomic E-state index is 0.230. The highest BCUT2D eigenvalue weighted by atomic mass is 32.1. The lowest BCUT2D eigenvalue weighted by atomic mass is 10.1. The number of carbonyl (C=O) groups excluding carboxylic acids is 1. The summed E-state index contributed by atoms with van der Waals surface area (Å²) in [7, 11) is 0. The van der Waals surface area contributed by atoms with Gasteiger partial charge in [-0.3, -0.25) is 4.79 Å². The van der Waals surface area contributed by atoms with Crippen molar-refractivity contribution in [3.8, 4) is 0 Å². The molecule has 1 aromatic carbocycles. The first-order chi connectivity index (χ1) is 6.33. The third kappa shape index (κ3) is 1.38. The fourth-order valence-corrected chi connectivity index (χ4v) is 2.33. The molecule has 0 atom stereocenters. The van der Waals surface area contributed by atoms with Crippen LogP contribution in [0.25, 0.3) is 10.1 Å². The Morgan fingerprint density at radius 2 is 2.23 bits per heavy atom. The maximum atomic E-state index is 11.5. The van der Waals surface area contributed by atoms with Crippen molar-refractivity contribution in [3.05, 3.63) is 35.2 Å². The summed E-state index contributed by atoms with van der Waals surface area (Å²) in [6, 6.07) is 7.94. The Morgan fingerprint density at radius 1 is 1.38 bits per heavy atom. The summed E-state index contributed by atoms with van der Waals surface area (Å²) in [5, 5.41) is 3.20. The van der Waals surface area contributed by atoms with Crippen LogP contribution in [0.2, 0.25) is 0 Å². The number of Topliss-reactive ketones (excluding diaryl/α,β-unsaturated/α-hetero) is 1. The molecule has 2 aromatic rings. The van der Waals surface area contributed by atoms with Gasteiger partial charge >= 0.3 is 0 Å². The van der Waals surface area contributed by atoms with Crippen molar-refractivity contribution in [1.82, 2.24) is 0 Å². The molecule has 0 N–H and O–H groups in total. The van der Waals surface area contributed by atoms with E-state index in [2.05, 4.69) is 0 Å². The Morgan fingerprint density at radius 3 is 3.00 bits per heavy atom. The molecule has 2 rings (SSSR count). The monoisotopic (exact) mass is 190 g/mol. The number of carbonyl (C=O) groups is 1. The molecule has 0 aliphatic heterocycles. The predicted octanol–water partition coefficient (Wildman–Crippen LogP) is 3.49. The zero-order chi connectivity index (χ0) is 9.26. The van der Waals surface area contributed by atoms with Gasteiger partial charge in [0.1, 0.15) is 0 Å². The number of hydrogen-bond acceptors (Lipinski definition) is 2. The van der Waals surface area contributed by atoms with E-state index in [4.69, 9.17) is 0 Å². The van der Waals surface area contributed by atoms with Crippen LogP contribution in [0.5, 0.6) is 0 Å². The number of thiophene rings is 1. The Labute approximate surface area is 81.0 Å². The summed E-state index contributed by atoms with van der Waals surface area (Å²) in [6.45, 7) is 1.90. The lowest BCUT2D eigenvalue weighted by Gasteiger charge is -1.98. The van der Waals surface area contributed by atoms with Crippen molar-refractivity contribution in [1.29, 1.82) is 0 Å². The van der Waals surface area contributed by atoms with Crippen LogP contribution in [0.15, 0.2) is 29.6 Å². The van der Waals surface area contributed by atoms with Gasteiger partial charge in [0.15, 0.2) is 5.78 Å². The highest BCUT2D eigenvalue weighted by Crippen LogP contribution is 2.25. The van der Waals surface area contributed by atoms with Crippen molar-refractivity contribution in [2.45, 2.75) is 13.3 Å². The molecule has 0 aliphatic carbocycles. The van der Waals surface area contributed by atoms with E-state index in [0.717, 1.165) is 10.3 Å². The van der Waals surface area contributed by atoms with Gasteiger partial charge in [-0.25, -0.2) is 0 Å². The Bertz CT molecular complexity index is 442. The van der Waals surface area contributed by atoms with Crippen molar-refractivity contribution in [3.63, 3.8) is 0 Å². The molecule has 66 valence electrons. The number of rotatable bonds is 2. The van der Waals surface area contributed by atoms with Crippen molar-refractivity contribution >= 4 is 27.2 Å². The molecule has 13 heavy (non-hydrogen) atoms. The highest BCUT2D eigenvalue weighted by Gasteiger charge is 2.07. The van der Waals surface area contributed by atoms with Crippen LogP contribution < -0.4 is 0 Å². The molecular weight excluding hydrogens is 180 g/mol. The maximum Gasteiger partial charge on any atom is 0.164 e. The maximum absolute atomic E-state index is 11.5. The van der Waals surface area contributed by atoms with E-state index in [1.54, 1.807) is 11.3 Å². The molecule has 0 radical (unpaired) electrons. The Kier molecular flexibility index (Phi) is 2.15. The minimum Gasteiger partial charge on any atom is -0.294 e. The second-order valence-electron chi connectivity index (χ2n) is 2.92.